The van der Waals surface area contributed by atoms with Gasteiger partial charge in [0.2, 0.25) is 0 Å². The second-order valence-electron chi connectivity index (χ2n) is 9.85. The summed E-state index contributed by atoms with van der Waals surface area (Å²) in [6.45, 7) is 5.13. The lowest BCUT2D eigenvalue weighted by Crippen LogP contribution is -2.42. The number of β-amino-alcohol motifs (C(OH)–C–C–N with tert-alkyl or cyclic N) is 1. The summed E-state index contributed by atoms with van der Waals surface area (Å²) < 4.78 is 34.8. The zero-order chi connectivity index (χ0) is 27.3. The van der Waals surface area contributed by atoms with Crippen LogP contribution in [0.2, 0.25) is 0 Å². The standard InChI is InChI=1S/C29H33N3O5S/c1-29(2,15-17-32-16-14-21-12-13-23(19-26(21)32)28(34)37-3)30-20-27(33)22-8-7-9-24(18-22)31-38(35,36)25-10-5-4-6-11-25/h4-14,16,18-19,27,30-31,33H,15,17,20H2,1-3H3. The predicted molar refractivity (Wildman–Crippen MR) is 149 cm³/mol. The van der Waals surface area contributed by atoms with Crippen LogP contribution in [0.25, 0.3) is 10.9 Å². The second-order valence-corrected chi connectivity index (χ2v) is 11.5. The number of rotatable bonds is 11. The smallest absolute Gasteiger partial charge is 0.337 e. The molecule has 8 nitrogen and oxygen atoms in total. The van der Waals surface area contributed by atoms with Gasteiger partial charge < -0.3 is 19.7 Å². The van der Waals surface area contributed by atoms with Crippen LogP contribution in [0, 0.1) is 0 Å². The van der Waals surface area contributed by atoms with Crippen LogP contribution in [0.4, 0.5) is 5.69 Å². The van der Waals surface area contributed by atoms with Gasteiger partial charge in [0, 0.05) is 36.0 Å². The summed E-state index contributed by atoms with van der Waals surface area (Å²) in [5.41, 5.74) is 2.15. The fourth-order valence-corrected chi connectivity index (χ4v) is 5.30. The first kappa shape index (κ1) is 27.4. The highest BCUT2D eigenvalue weighted by Crippen LogP contribution is 2.23. The molecule has 1 heterocycles. The summed E-state index contributed by atoms with van der Waals surface area (Å²) in [4.78, 5) is 12.1. The van der Waals surface area contributed by atoms with E-state index in [1.807, 2.05) is 24.4 Å². The minimum Gasteiger partial charge on any atom is -0.465 e. The number of aryl methyl sites for hydroxylation is 1. The Labute approximate surface area is 223 Å². The number of methoxy groups -OCH3 is 1. The van der Waals surface area contributed by atoms with E-state index in [4.69, 9.17) is 4.74 Å². The van der Waals surface area contributed by atoms with Crippen LogP contribution in [0.1, 0.15) is 42.3 Å². The molecule has 0 aliphatic carbocycles. The molecule has 3 aromatic carbocycles. The molecular weight excluding hydrogens is 502 g/mol. The molecule has 1 aromatic heterocycles. The van der Waals surface area contributed by atoms with Gasteiger partial charge in [-0.05, 0) is 73.7 Å². The minimum absolute atomic E-state index is 0.173. The van der Waals surface area contributed by atoms with Crippen molar-refractivity contribution in [2.75, 3.05) is 18.4 Å². The number of aliphatic hydroxyl groups is 1. The molecule has 200 valence electrons. The summed E-state index contributed by atoms with van der Waals surface area (Å²) in [7, 11) is -2.35. The number of sulfonamides is 1. The van der Waals surface area contributed by atoms with E-state index >= 15 is 0 Å². The van der Waals surface area contributed by atoms with Crippen molar-refractivity contribution in [1.82, 2.24) is 9.88 Å². The summed E-state index contributed by atoms with van der Waals surface area (Å²) in [6.07, 6.45) is 1.94. The topological polar surface area (TPSA) is 110 Å². The summed E-state index contributed by atoms with van der Waals surface area (Å²) in [6, 6.07) is 22.4. The van der Waals surface area contributed by atoms with Crippen LogP contribution in [-0.4, -0.2) is 43.3 Å². The maximum absolute atomic E-state index is 12.6. The van der Waals surface area contributed by atoms with E-state index in [2.05, 4.69) is 28.5 Å². The van der Waals surface area contributed by atoms with Crippen LogP contribution in [0.3, 0.4) is 0 Å². The lowest BCUT2D eigenvalue weighted by Gasteiger charge is -2.28. The van der Waals surface area contributed by atoms with Gasteiger partial charge in [-0.2, -0.15) is 0 Å². The van der Waals surface area contributed by atoms with Crippen molar-refractivity contribution < 1.29 is 23.1 Å². The van der Waals surface area contributed by atoms with E-state index < -0.39 is 16.1 Å². The summed E-state index contributed by atoms with van der Waals surface area (Å²) in [5.74, 6) is -0.368. The number of nitrogens with one attached hydrogen (secondary N) is 2. The van der Waals surface area contributed by atoms with Crippen molar-refractivity contribution in [3.63, 3.8) is 0 Å². The maximum atomic E-state index is 12.6. The largest absolute Gasteiger partial charge is 0.465 e. The molecule has 9 heteroatoms. The number of hydrogen-bond donors (Lipinski definition) is 3. The Morgan fingerprint density at radius 1 is 1.03 bits per heavy atom. The first-order chi connectivity index (χ1) is 18.1. The molecule has 0 bridgehead atoms. The Hall–Kier alpha value is -3.66. The minimum atomic E-state index is -3.72. The van der Waals surface area contributed by atoms with E-state index in [1.165, 1.54) is 19.2 Å². The molecule has 0 saturated heterocycles. The molecule has 3 N–H and O–H groups in total. The average Bonchev–Trinajstić information content (AvgIpc) is 3.33. The Kier molecular flexibility index (Phi) is 8.20. The number of hydrogen-bond acceptors (Lipinski definition) is 6. The molecule has 1 atom stereocenters. The van der Waals surface area contributed by atoms with Crippen molar-refractivity contribution in [2.24, 2.45) is 0 Å². The van der Waals surface area contributed by atoms with E-state index in [0.29, 0.717) is 29.9 Å². The van der Waals surface area contributed by atoms with E-state index in [9.17, 15) is 18.3 Å². The monoisotopic (exact) mass is 535 g/mol. The van der Waals surface area contributed by atoms with E-state index in [0.717, 1.165) is 17.3 Å². The Morgan fingerprint density at radius 2 is 1.79 bits per heavy atom. The Bertz CT molecular complexity index is 1510. The molecule has 0 amide bonds. The van der Waals surface area contributed by atoms with Gasteiger partial charge >= 0.3 is 5.97 Å². The fraction of sp³-hybridized carbons (Fsp3) is 0.276. The van der Waals surface area contributed by atoms with Gasteiger partial charge in [0.15, 0.2) is 0 Å². The number of anilines is 1. The fourth-order valence-electron chi connectivity index (χ4n) is 4.23. The highest BCUT2D eigenvalue weighted by Gasteiger charge is 2.21. The van der Waals surface area contributed by atoms with Gasteiger partial charge in [-0.25, -0.2) is 13.2 Å². The van der Waals surface area contributed by atoms with E-state index in [1.54, 1.807) is 48.5 Å². The lowest BCUT2D eigenvalue weighted by molar-refractivity contribution is 0.0601. The third kappa shape index (κ3) is 6.61. The molecule has 38 heavy (non-hydrogen) atoms. The molecule has 0 fully saturated rings. The number of carbonyl (C=O) groups excluding carboxylic acids is 1. The summed E-state index contributed by atoms with van der Waals surface area (Å²) >= 11 is 0. The highest BCUT2D eigenvalue weighted by atomic mass is 32.2. The van der Waals surface area contributed by atoms with Gasteiger partial charge in [-0.3, -0.25) is 4.72 Å². The van der Waals surface area contributed by atoms with Gasteiger partial charge in [-0.1, -0.05) is 36.4 Å². The Balaban J connectivity index is 1.37. The Morgan fingerprint density at radius 3 is 2.53 bits per heavy atom. The third-order valence-corrected chi connectivity index (χ3v) is 7.92. The van der Waals surface area contributed by atoms with Gasteiger partial charge in [-0.15, -0.1) is 0 Å². The highest BCUT2D eigenvalue weighted by molar-refractivity contribution is 7.92. The molecular formula is C29H33N3O5S. The van der Waals surface area contributed by atoms with Crippen LogP contribution in [0.15, 0.2) is 90.0 Å². The second kappa shape index (κ2) is 11.4. The zero-order valence-corrected chi connectivity index (χ0v) is 22.5. The first-order valence-corrected chi connectivity index (χ1v) is 13.8. The molecule has 1 unspecified atom stereocenters. The average molecular weight is 536 g/mol. The molecule has 0 radical (unpaired) electrons. The molecule has 0 aliphatic heterocycles. The van der Waals surface area contributed by atoms with Crippen LogP contribution >= 0.6 is 0 Å². The number of ether oxygens (including phenoxy) is 1. The number of fused-ring (bicyclic) bond motifs is 1. The number of benzene rings is 3. The van der Waals surface area contributed by atoms with E-state index in [-0.39, 0.29) is 16.4 Å². The van der Waals surface area contributed by atoms with Crippen molar-refractivity contribution in [1.29, 1.82) is 0 Å². The normalized spacial score (nSPS) is 12.8. The summed E-state index contributed by atoms with van der Waals surface area (Å²) in [5, 5.41) is 15.3. The number of esters is 1. The molecule has 4 rings (SSSR count). The van der Waals surface area contributed by atoms with Crippen molar-refractivity contribution in [3.8, 4) is 0 Å². The van der Waals surface area contributed by atoms with Gasteiger partial charge in [0.1, 0.15) is 0 Å². The molecule has 0 spiro atoms. The number of aromatic nitrogens is 1. The maximum Gasteiger partial charge on any atom is 0.337 e. The molecule has 0 aliphatic rings. The van der Waals surface area contributed by atoms with Crippen LogP contribution in [-0.2, 0) is 21.3 Å². The van der Waals surface area contributed by atoms with Crippen LogP contribution in [0.5, 0.6) is 0 Å². The predicted octanol–water partition coefficient (Wildman–Crippen LogP) is 4.72. The number of carbonyl (C=O) groups is 1. The third-order valence-electron chi connectivity index (χ3n) is 6.52. The SMILES string of the molecule is COC(=O)c1ccc2ccn(CCC(C)(C)NCC(O)c3cccc(NS(=O)(=O)c4ccccc4)c3)c2c1. The molecule has 0 saturated carbocycles. The first-order valence-electron chi connectivity index (χ1n) is 12.4. The number of nitrogens with zero attached hydrogens (tertiary/aromatic N) is 1. The zero-order valence-electron chi connectivity index (χ0n) is 21.7. The number of aliphatic hydroxyl groups excluding tert-OH is 1. The van der Waals surface area contributed by atoms with Crippen LogP contribution < -0.4 is 10.0 Å². The lowest BCUT2D eigenvalue weighted by atomic mass is 9.99. The van der Waals surface area contributed by atoms with Crippen molar-refractivity contribution in [3.05, 3.63) is 96.2 Å². The van der Waals surface area contributed by atoms with Crippen molar-refractivity contribution >= 4 is 32.6 Å². The van der Waals surface area contributed by atoms with Gasteiger partial charge in [0.05, 0.1) is 23.7 Å². The van der Waals surface area contributed by atoms with Gasteiger partial charge in [0.25, 0.3) is 10.0 Å². The molecule has 4 aromatic rings. The van der Waals surface area contributed by atoms with Crippen molar-refractivity contribution in [2.45, 2.75) is 43.4 Å². The quantitative estimate of drug-likeness (QED) is 0.240.